The second kappa shape index (κ2) is 8.94. The van der Waals surface area contributed by atoms with E-state index in [-0.39, 0.29) is 29.4 Å². The van der Waals surface area contributed by atoms with Gasteiger partial charge in [0, 0.05) is 5.56 Å². The maximum atomic E-state index is 13.7. The molecular weight excluding hydrogens is 349 g/mol. The molecule has 0 amide bonds. The average molecular weight is 366 g/mol. The lowest BCUT2D eigenvalue weighted by atomic mass is 10.1. The minimum absolute atomic E-state index is 0.0431. The fourth-order valence-corrected chi connectivity index (χ4v) is 2.18. The van der Waals surface area contributed by atoms with Crippen molar-refractivity contribution in [3.63, 3.8) is 0 Å². The lowest BCUT2D eigenvalue weighted by Crippen LogP contribution is -2.04. The number of carbonyl (C=O) groups is 1. The van der Waals surface area contributed by atoms with Gasteiger partial charge in [0.2, 0.25) is 0 Å². The van der Waals surface area contributed by atoms with Crippen molar-refractivity contribution >= 4 is 11.9 Å². The normalized spacial score (nSPS) is 11.0. The second-order valence-corrected chi connectivity index (χ2v) is 5.06. The largest absolute Gasteiger partial charge is 0.494 e. The highest BCUT2D eigenvalue weighted by Crippen LogP contribution is 2.30. The number of benzene rings is 2. The molecule has 0 N–H and O–H groups in total. The van der Waals surface area contributed by atoms with Gasteiger partial charge in [-0.3, -0.25) is 4.79 Å². The minimum atomic E-state index is -2.97. The molecule has 0 fully saturated rings. The van der Waals surface area contributed by atoms with Gasteiger partial charge in [-0.05, 0) is 48.9 Å². The number of hydrogen-bond donors (Lipinski definition) is 0. The third-order valence-corrected chi connectivity index (χ3v) is 3.35. The van der Waals surface area contributed by atoms with Gasteiger partial charge < -0.3 is 14.2 Å². The molecule has 2 rings (SSSR count). The molecule has 2 aromatic carbocycles. The fourth-order valence-electron chi connectivity index (χ4n) is 2.18. The lowest BCUT2D eigenvalue weighted by molar-refractivity contribution is -0.0514. The SMILES string of the molecule is CCOc1cc(C=CC(=O)c2ccc(OC)c(F)c2)ccc1OC(F)F. The topological polar surface area (TPSA) is 44.8 Å². The summed E-state index contributed by atoms with van der Waals surface area (Å²) >= 11 is 0. The highest BCUT2D eigenvalue weighted by atomic mass is 19.3. The van der Waals surface area contributed by atoms with E-state index >= 15 is 0 Å². The van der Waals surface area contributed by atoms with Crippen molar-refractivity contribution in [1.29, 1.82) is 0 Å². The van der Waals surface area contributed by atoms with Crippen LogP contribution in [0.1, 0.15) is 22.8 Å². The Labute approximate surface area is 148 Å². The van der Waals surface area contributed by atoms with Gasteiger partial charge in [0.1, 0.15) is 0 Å². The van der Waals surface area contributed by atoms with Gasteiger partial charge in [-0.2, -0.15) is 8.78 Å². The monoisotopic (exact) mass is 366 g/mol. The van der Waals surface area contributed by atoms with E-state index < -0.39 is 18.2 Å². The minimum Gasteiger partial charge on any atom is -0.494 e. The van der Waals surface area contributed by atoms with Gasteiger partial charge in [0.05, 0.1) is 13.7 Å². The van der Waals surface area contributed by atoms with Crippen molar-refractivity contribution in [2.45, 2.75) is 13.5 Å². The van der Waals surface area contributed by atoms with Crippen LogP contribution in [0.25, 0.3) is 6.08 Å². The molecule has 0 radical (unpaired) electrons. The molecule has 0 saturated heterocycles. The van der Waals surface area contributed by atoms with Crippen LogP contribution in [-0.4, -0.2) is 26.1 Å². The van der Waals surface area contributed by atoms with E-state index in [1.165, 1.54) is 49.6 Å². The maximum absolute atomic E-state index is 13.7. The van der Waals surface area contributed by atoms with E-state index in [9.17, 15) is 18.0 Å². The van der Waals surface area contributed by atoms with Gasteiger partial charge in [-0.25, -0.2) is 4.39 Å². The maximum Gasteiger partial charge on any atom is 0.387 e. The first-order valence-corrected chi connectivity index (χ1v) is 7.72. The van der Waals surface area contributed by atoms with Crippen molar-refractivity contribution in [3.8, 4) is 17.2 Å². The Balaban J connectivity index is 2.19. The molecule has 7 heteroatoms. The van der Waals surface area contributed by atoms with Crippen LogP contribution in [0, 0.1) is 5.82 Å². The number of ether oxygens (including phenoxy) is 3. The van der Waals surface area contributed by atoms with E-state index in [4.69, 9.17) is 9.47 Å². The summed E-state index contributed by atoms with van der Waals surface area (Å²) in [7, 11) is 1.33. The predicted molar refractivity (Wildman–Crippen MR) is 90.6 cm³/mol. The number of halogens is 3. The zero-order valence-electron chi connectivity index (χ0n) is 14.2. The van der Waals surface area contributed by atoms with Crippen LogP contribution in [0.5, 0.6) is 17.2 Å². The molecule has 0 heterocycles. The van der Waals surface area contributed by atoms with E-state index in [0.717, 1.165) is 6.07 Å². The van der Waals surface area contributed by atoms with Crippen LogP contribution in [0.15, 0.2) is 42.5 Å². The van der Waals surface area contributed by atoms with Gasteiger partial charge in [0.25, 0.3) is 0 Å². The summed E-state index contributed by atoms with van der Waals surface area (Å²) in [5.41, 5.74) is 0.694. The highest BCUT2D eigenvalue weighted by molar-refractivity contribution is 6.06. The zero-order chi connectivity index (χ0) is 19.1. The molecule has 0 spiro atoms. The Bertz CT molecular complexity index is 803. The van der Waals surface area contributed by atoms with Crippen molar-refractivity contribution in [2.24, 2.45) is 0 Å². The molecular formula is C19H17F3O4. The number of rotatable bonds is 8. The van der Waals surface area contributed by atoms with Gasteiger partial charge >= 0.3 is 6.61 Å². The van der Waals surface area contributed by atoms with E-state index in [1.807, 2.05) is 0 Å². The molecule has 4 nitrogen and oxygen atoms in total. The van der Waals surface area contributed by atoms with Gasteiger partial charge in [0.15, 0.2) is 28.8 Å². The molecule has 138 valence electrons. The standard InChI is InChI=1S/C19H17F3O4/c1-3-25-18-10-12(5-8-17(18)26-19(21)22)4-7-15(23)13-6-9-16(24-2)14(20)11-13/h4-11,19H,3H2,1-2H3. The summed E-state index contributed by atoms with van der Waals surface area (Å²) in [5, 5.41) is 0. The summed E-state index contributed by atoms with van der Waals surface area (Å²) in [4.78, 5) is 12.1. The zero-order valence-corrected chi connectivity index (χ0v) is 14.2. The Morgan fingerprint density at radius 3 is 2.46 bits per heavy atom. The first-order chi connectivity index (χ1) is 12.4. The number of methoxy groups -OCH3 is 1. The molecule has 2 aromatic rings. The molecule has 0 unspecified atom stereocenters. The number of hydrogen-bond acceptors (Lipinski definition) is 4. The summed E-state index contributed by atoms with van der Waals surface area (Å²) in [6.07, 6.45) is 2.72. The quantitative estimate of drug-likeness (QED) is 0.500. The Kier molecular flexibility index (Phi) is 6.66. The van der Waals surface area contributed by atoms with Gasteiger partial charge in [-0.1, -0.05) is 12.1 Å². The number of ketones is 1. The molecule has 0 aromatic heterocycles. The van der Waals surface area contributed by atoms with Crippen LogP contribution in [-0.2, 0) is 0 Å². The summed E-state index contributed by atoms with van der Waals surface area (Å²) in [6.45, 7) is -1.00. The van der Waals surface area contributed by atoms with E-state index in [1.54, 1.807) is 6.92 Å². The molecule has 0 atom stereocenters. The van der Waals surface area contributed by atoms with Crippen LogP contribution < -0.4 is 14.2 Å². The van der Waals surface area contributed by atoms with Crippen LogP contribution >= 0.6 is 0 Å². The Hall–Kier alpha value is -2.96. The molecule has 0 saturated carbocycles. The second-order valence-electron chi connectivity index (χ2n) is 5.06. The van der Waals surface area contributed by atoms with Crippen molar-refractivity contribution in [2.75, 3.05) is 13.7 Å². The molecule has 26 heavy (non-hydrogen) atoms. The Morgan fingerprint density at radius 2 is 1.85 bits per heavy atom. The molecule has 0 aliphatic carbocycles. The molecule has 0 aliphatic rings. The first kappa shape index (κ1) is 19.4. The third-order valence-electron chi connectivity index (χ3n) is 3.35. The van der Waals surface area contributed by atoms with E-state index in [0.29, 0.717) is 5.56 Å². The van der Waals surface area contributed by atoms with Crippen LogP contribution in [0.4, 0.5) is 13.2 Å². The van der Waals surface area contributed by atoms with Crippen molar-refractivity contribution < 1.29 is 32.2 Å². The van der Waals surface area contributed by atoms with Crippen LogP contribution in [0.3, 0.4) is 0 Å². The third kappa shape index (κ3) is 5.02. The first-order valence-electron chi connectivity index (χ1n) is 7.72. The van der Waals surface area contributed by atoms with E-state index in [2.05, 4.69) is 4.74 Å². The van der Waals surface area contributed by atoms with Crippen molar-refractivity contribution in [1.82, 2.24) is 0 Å². The number of carbonyl (C=O) groups excluding carboxylic acids is 1. The number of allylic oxidation sites excluding steroid dienone is 1. The van der Waals surface area contributed by atoms with Crippen LogP contribution in [0.2, 0.25) is 0 Å². The van der Waals surface area contributed by atoms with Crippen molar-refractivity contribution in [3.05, 3.63) is 59.4 Å². The lowest BCUT2D eigenvalue weighted by Gasteiger charge is -2.11. The highest BCUT2D eigenvalue weighted by Gasteiger charge is 2.11. The fraction of sp³-hybridized carbons (Fsp3) is 0.211. The summed E-state index contributed by atoms with van der Waals surface area (Å²) in [5.74, 6) is -0.974. The molecule has 0 aliphatic heterocycles. The predicted octanol–water partition coefficient (Wildman–Crippen LogP) is 4.73. The summed E-state index contributed by atoms with van der Waals surface area (Å²) < 4.78 is 52.9. The summed E-state index contributed by atoms with van der Waals surface area (Å²) in [6, 6.07) is 8.18. The number of alkyl halides is 2. The Morgan fingerprint density at radius 1 is 1.12 bits per heavy atom. The average Bonchev–Trinajstić information content (AvgIpc) is 2.61. The smallest absolute Gasteiger partial charge is 0.387 e. The van der Waals surface area contributed by atoms with Gasteiger partial charge in [-0.15, -0.1) is 0 Å². The molecule has 0 bridgehead atoms.